The zero-order chi connectivity index (χ0) is 22.8. The number of rotatable bonds is 6. The van der Waals surface area contributed by atoms with Crippen molar-refractivity contribution in [1.82, 2.24) is 9.97 Å². The molecule has 0 aliphatic rings. The minimum Gasteiger partial charge on any atom is -0.325 e. The molecule has 0 saturated carbocycles. The third-order valence-electron chi connectivity index (χ3n) is 4.85. The molecule has 0 bridgehead atoms. The van der Waals surface area contributed by atoms with Crippen LogP contribution in [0, 0.1) is 0 Å². The van der Waals surface area contributed by atoms with Gasteiger partial charge in [-0.1, -0.05) is 73.1 Å². The van der Waals surface area contributed by atoms with E-state index >= 15 is 0 Å². The number of fused-ring (bicyclic) bond motifs is 1. The second kappa shape index (κ2) is 9.67. The van der Waals surface area contributed by atoms with Gasteiger partial charge in [0.1, 0.15) is 4.83 Å². The number of thioether (sulfide) groups is 1. The Morgan fingerprint density at radius 3 is 2.59 bits per heavy atom. The van der Waals surface area contributed by atoms with Crippen molar-refractivity contribution in [2.75, 3.05) is 11.1 Å². The molecule has 4 rings (SSSR count). The summed E-state index contributed by atoms with van der Waals surface area (Å²) in [4.78, 5) is 33.1. The first-order chi connectivity index (χ1) is 15.3. The number of nitrogens with zero attached hydrogens (tertiary/aromatic N) is 1. The van der Waals surface area contributed by atoms with Crippen LogP contribution < -0.4 is 10.9 Å². The summed E-state index contributed by atoms with van der Waals surface area (Å²) in [5.41, 5.74) is 3.43. The number of carbonyl (C=O) groups is 1. The number of thiophene rings is 1. The topological polar surface area (TPSA) is 74.8 Å². The number of H-pyrrole nitrogens is 1. The standard InChI is InChI=1S/C23H19Cl2N3O2S2/c1-12(2)13-3-5-14(6-4-13)16-10-31-22-20(16)21(30)27-23(28-22)32-11-19(29)26-15-7-8-17(24)18(25)9-15/h3-10,12H,11H2,1-2H3,(H,26,29)(H,27,28,30). The molecule has 0 fully saturated rings. The Hall–Kier alpha value is -2.32. The van der Waals surface area contributed by atoms with Crippen LogP contribution in [0.2, 0.25) is 10.0 Å². The molecule has 32 heavy (non-hydrogen) atoms. The minimum absolute atomic E-state index is 0.0869. The van der Waals surface area contributed by atoms with Crippen molar-refractivity contribution in [2.24, 2.45) is 0 Å². The van der Waals surface area contributed by atoms with E-state index in [9.17, 15) is 9.59 Å². The molecule has 2 aromatic heterocycles. The molecule has 0 aliphatic carbocycles. The van der Waals surface area contributed by atoms with Gasteiger partial charge in [-0.25, -0.2) is 4.98 Å². The number of amides is 1. The number of aromatic nitrogens is 2. The summed E-state index contributed by atoms with van der Waals surface area (Å²) >= 11 is 14.4. The first-order valence-corrected chi connectivity index (χ1v) is 12.4. The first kappa shape index (κ1) is 22.9. The van der Waals surface area contributed by atoms with Gasteiger partial charge < -0.3 is 10.3 Å². The van der Waals surface area contributed by atoms with Gasteiger partial charge in [0, 0.05) is 16.6 Å². The summed E-state index contributed by atoms with van der Waals surface area (Å²) in [5.74, 6) is 0.291. The molecule has 0 unspecified atom stereocenters. The monoisotopic (exact) mass is 503 g/mol. The van der Waals surface area contributed by atoms with E-state index in [1.807, 2.05) is 17.5 Å². The van der Waals surface area contributed by atoms with Gasteiger partial charge in [0.25, 0.3) is 5.56 Å². The zero-order valence-electron chi connectivity index (χ0n) is 17.2. The van der Waals surface area contributed by atoms with Crippen molar-refractivity contribution in [3.63, 3.8) is 0 Å². The van der Waals surface area contributed by atoms with Crippen LogP contribution in [-0.4, -0.2) is 21.6 Å². The van der Waals surface area contributed by atoms with Crippen molar-refractivity contribution in [3.05, 3.63) is 73.8 Å². The van der Waals surface area contributed by atoms with Crippen LogP contribution in [0.25, 0.3) is 21.3 Å². The number of halogens is 2. The maximum Gasteiger partial charge on any atom is 0.260 e. The second-order valence-electron chi connectivity index (χ2n) is 7.44. The Morgan fingerprint density at radius 1 is 1.16 bits per heavy atom. The van der Waals surface area contributed by atoms with E-state index < -0.39 is 0 Å². The molecule has 0 saturated heterocycles. The van der Waals surface area contributed by atoms with Gasteiger partial charge in [-0.3, -0.25) is 9.59 Å². The van der Waals surface area contributed by atoms with Gasteiger partial charge in [-0.2, -0.15) is 0 Å². The van der Waals surface area contributed by atoms with Crippen LogP contribution >= 0.6 is 46.3 Å². The highest BCUT2D eigenvalue weighted by molar-refractivity contribution is 7.99. The van der Waals surface area contributed by atoms with E-state index in [2.05, 4.69) is 41.3 Å². The second-order valence-corrected chi connectivity index (χ2v) is 10.1. The van der Waals surface area contributed by atoms with Crippen molar-refractivity contribution in [2.45, 2.75) is 24.9 Å². The van der Waals surface area contributed by atoms with Crippen LogP contribution in [0.5, 0.6) is 0 Å². The summed E-state index contributed by atoms with van der Waals surface area (Å²) in [7, 11) is 0. The molecule has 4 aromatic rings. The predicted octanol–water partition coefficient (Wildman–Crippen LogP) is 6.81. The highest BCUT2D eigenvalue weighted by Gasteiger charge is 2.14. The molecule has 164 valence electrons. The molecule has 2 aromatic carbocycles. The summed E-state index contributed by atoms with van der Waals surface area (Å²) in [6.07, 6.45) is 0. The largest absolute Gasteiger partial charge is 0.325 e. The fourth-order valence-corrected chi connectivity index (χ4v) is 5.13. The van der Waals surface area contributed by atoms with Gasteiger partial charge in [0.2, 0.25) is 5.91 Å². The Bertz CT molecular complexity index is 1350. The Labute approximate surface area is 203 Å². The number of aromatic amines is 1. The molecule has 1 amide bonds. The molecular weight excluding hydrogens is 485 g/mol. The fraction of sp³-hybridized carbons (Fsp3) is 0.174. The van der Waals surface area contributed by atoms with E-state index in [-0.39, 0.29) is 17.2 Å². The molecule has 0 radical (unpaired) electrons. The number of anilines is 1. The minimum atomic E-state index is -0.242. The molecule has 2 heterocycles. The SMILES string of the molecule is CC(C)c1ccc(-c2csc3nc(SCC(=O)Nc4ccc(Cl)c(Cl)c4)[nH]c(=O)c23)cc1. The maximum absolute atomic E-state index is 12.8. The van der Waals surface area contributed by atoms with Gasteiger partial charge >= 0.3 is 0 Å². The molecule has 9 heteroatoms. The lowest BCUT2D eigenvalue weighted by molar-refractivity contribution is -0.113. The summed E-state index contributed by atoms with van der Waals surface area (Å²) < 4.78 is 0. The van der Waals surface area contributed by atoms with Crippen LogP contribution in [0.15, 0.2) is 57.8 Å². The van der Waals surface area contributed by atoms with Gasteiger partial charge in [-0.15, -0.1) is 11.3 Å². The first-order valence-electron chi connectivity index (χ1n) is 9.81. The highest BCUT2D eigenvalue weighted by atomic mass is 35.5. The maximum atomic E-state index is 12.8. The van der Waals surface area contributed by atoms with E-state index in [0.29, 0.717) is 37.0 Å². The van der Waals surface area contributed by atoms with E-state index in [1.54, 1.807) is 18.2 Å². The van der Waals surface area contributed by atoms with E-state index in [1.165, 1.54) is 16.9 Å². The third kappa shape index (κ3) is 5.02. The third-order valence-corrected chi connectivity index (χ3v) is 7.34. The van der Waals surface area contributed by atoms with Crippen LogP contribution in [-0.2, 0) is 4.79 Å². The Morgan fingerprint density at radius 2 is 1.91 bits per heavy atom. The Balaban J connectivity index is 1.49. The lowest BCUT2D eigenvalue weighted by Crippen LogP contribution is -2.15. The molecule has 5 nitrogen and oxygen atoms in total. The number of hydrogen-bond donors (Lipinski definition) is 2. The lowest BCUT2D eigenvalue weighted by atomic mass is 9.99. The number of nitrogens with one attached hydrogen (secondary N) is 2. The molecule has 2 N–H and O–H groups in total. The predicted molar refractivity (Wildman–Crippen MR) is 136 cm³/mol. The van der Waals surface area contributed by atoms with Gasteiger partial charge in [-0.05, 0) is 35.2 Å². The average Bonchev–Trinajstić information content (AvgIpc) is 3.19. The van der Waals surface area contributed by atoms with Crippen LogP contribution in [0.1, 0.15) is 25.3 Å². The number of carbonyl (C=O) groups excluding carboxylic acids is 1. The van der Waals surface area contributed by atoms with Crippen molar-refractivity contribution in [1.29, 1.82) is 0 Å². The van der Waals surface area contributed by atoms with Crippen LogP contribution in [0.4, 0.5) is 5.69 Å². The quantitative estimate of drug-likeness (QED) is 0.223. The number of hydrogen-bond acceptors (Lipinski definition) is 5. The van der Waals surface area contributed by atoms with Crippen molar-refractivity contribution >= 4 is 68.1 Å². The van der Waals surface area contributed by atoms with Crippen molar-refractivity contribution in [3.8, 4) is 11.1 Å². The smallest absolute Gasteiger partial charge is 0.260 e. The molecule has 0 atom stereocenters. The van der Waals surface area contributed by atoms with Gasteiger partial charge in [0.05, 0.1) is 21.2 Å². The van der Waals surface area contributed by atoms with E-state index in [0.717, 1.165) is 22.9 Å². The highest BCUT2D eigenvalue weighted by Crippen LogP contribution is 2.32. The zero-order valence-corrected chi connectivity index (χ0v) is 20.4. The van der Waals surface area contributed by atoms with E-state index in [4.69, 9.17) is 23.2 Å². The Kier molecular flexibility index (Phi) is 6.90. The normalized spacial score (nSPS) is 11.3. The molecule has 0 aliphatic heterocycles. The van der Waals surface area contributed by atoms with Crippen LogP contribution in [0.3, 0.4) is 0 Å². The summed E-state index contributed by atoms with van der Waals surface area (Å²) in [5, 5.41) is 6.44. The van der Waals surface area contributed by atoms with Gasteiger partial charge in [0.15, 0.2) is 5.16 Å². The molecule has 0 spiro atoms. The lowest BCUT2D eigenvalue weighted by Gasteiger charge is -2.07. The van der Waals surface area contributed by atoms with Crippen molar-refractivity contribution < 1.29 is 4.79 Å². The fourth-order valence-electron chi connectivity index (χ4n) is 3.16. The average molecular weight is 504 g/mol. The summed E-state index contributed by atoms with van der Waals surface area (Å²) in [6.45, 7) is 4.29. The number of benzene rings is 2. The summed E-state index contributed by atoms with van der Waals surface area (Å²) in [6, 6.07) is 13.1. The molecular formula is C23H19Cl2N3O2S2.